The van der Waals surface area contributed by atoms with E-state index in [9.17, 15) is 9.59 Å². The average molecular weight is 459 g/mol. The molecule has 0 aliphatic carbocycles. The van der Waals surface area contributed by atoms with Crippen LogP contribution in [0.1, 0.15) is 24.8 Å². The minimum absolute atomic E-state index is 0.213. The normalized spacial score (nSPS) is 21.6. The summed E-state index contributed by atoms with van der Waals surface area (Å²) < 4.78 is 3.81. The highest BCUT2D eigenvalue weighted by atomic mass is 35.5. The van der Waals surface area contributed by atoms with Gasteiger partial charge in [0.05, 0.1) is 12.8 Å². The number of hydrogen-bond acceptors (Lipinski definition) is 5. The van der Waals surface area contributed by atoms with E-state index >= 15 is 0 Å². The molecular formula is C24H27ClN2O3S. The number of hydrogen-bond donors (Lipinski definition) is 0. The number of thioether (sulfide) groups is 1. The van der Waals surface area contributed by atoms with Crippen LogP contribution >= 0.6 is 23.4 Å². The lowest BCUT2D eigenvalue weighted by Crippen LogP contribution is -2.57. The fourth-order valence-corrected chi connectivity index (χ4v) is 5.87. The molecule has 2 aliphatic rings. The van der Waals surface area contributed by atoms with Crippen molar-refractivity contribution >= 4 is 40.9 Å². The van der Waals surface area contributed by atoms with Gasteiger partial charge in [-0.2, -0.15) is 0 Å². The van der Waals surface area contributed by atoms with Crippen LogP contribution in [0.3, 0.4) is 0 Å². The number of ether oxygens (including phenoxy) is 1. The Hall–Kier alpha value is -2.02. The summed E-state index contributed by atoms with van der Waals surface area (Å²) in [6.45, 7) is 3.47. The van der Waals surface area contributed by atoms with Gasteiger partial charge in [0.2, 0.25) is 4.75 Å². The van der Waals surface area contributed by atoms with E-state index < -0.39 is 10.7 Å². The molecule has 7 heteroatoms. The zero-order valence-corrected chi connectivity index (χ0v) is 19.3. The molecule has 2 heterocycles. The lowest BCUT2D eigenvalue weighted by atomic mass is 9.95. The molecule has 164 valence electrons. The van der Waals surface area contributed by atoms with Crippen LogP contribution in [-0.2, 0) is 20.7 Å². The van der Waals surface area contributed by atoms with E-state index in [1.165, 1.54) is 38.1 Å². The van der Waals surface area contributed by atoms with Crippen LogP contribution in [0, 0.1) is 0 Å². The highest BCUT2D eigenvalue weighted by molar-refractivity contribution is 8.02. The van der Waals surface area contributed by atoms with Gasteiger partial charge >= 0.3 is 5.97 Å². The maximum absolute atomic E-state index is 13.9. The molecule has 0 bridgehead atoms. The molecule has 1 unspecified atom stereocenters. The summed E-state index contributed by atoms with van der Waals surface area (Å²) >= 11 is 7.33. The van der Waals surface area contributed by atoms with Gasteiger partial charge in [-0.15, -0.1) is 0 Å². The van der Waals surface area contributed by atoms with Gasteiger partial charge < -0.3 is 14.5 Å². The minimum atomic E-state index is -1.36. The van der Waals surface area contributed by atoms with Crippen molar-refractivity contribution in [2.24, 2.45) is 0 Å². The average Bonchev–Trinajstić information content (AvgIpc) is 2.80. The summed E-state index contributed by atoms with van der Waals surface area (Å²) in [5.41, 5.74) is 1.73. The third kappa shape index (κ3) is 4.61. The van der Waals surface area contributed by atoms with Gasteiger partial charge in [-0.1, -0.05) is 54.0 Å². The van der Waals surface area contributed by atoms with Crippen molar-refractivity contribution in [3.05, 3.63) is 59.1 Å². The quantitative estimate of drug-likeness (QED) is 0.473. The molecular weight excluding hydrogens is 432 g/mol. The second-order valence-corrected chi connectivity index (χ2v) is 9.83. The fraction of sp³-hybridized carbons (Fsp3) is 0.417. The van der Waals surface area contributed by atoms with E-state index in [1.807, 2.05) is 36.4 Å². The zero-order chi connectivity index (χ0) is 21.8. The number of benzene rings is 2. The predicted molar refractivity (Wildman–Crippen MR) is 125 cm³/mol. The maximum Gasteiger partial charge on any atom is 0.332 e. The van der Waals surface area contributed by atoms with Crippen LogP contribution in [0.4, 0.5) is 5.69 Å². The molecule has 0 aromatic heterocycles. The third-order valence-corrected chi connectivity index (χ3v) is 7.65. The summed E-state index contributed by atoms with van der Waals surface area (Å²) in [7, 11) is 1.35. The van der Waals surface area contributed by atoms with Gasteiger partial charge in [-0.05, 0) is 55.8 Å². The Morgan fingerprint density at radius 3 is 2.48 bits per heavy atom. The summed E-state index contributed by atoms with van der Waals surface area (Å²) in [6, 6.07) is 15.1. The molecule has 1 amide bonds. The topological polar surface area (TPSA) is 49.9 Å². The SMILES string of the molecule is COC(=O)C1(Cc2ccc(Cl)cc2)Sc2ccccc2N(CCN2CCCCC2)C1=O. The molecule has 1 fully saturated rings. The van der Waals surface area contributed by atoms with E-state index in [2.05, 4.69) is 4.90 Å². The van der Waals surface area contributed by atoms with Crippen molar-refractivity contribution in [1.29, 1.82) is 0 Å². The molecule has 1 atom stereocenters. The van der Waals surface area contributed by atoms with Gasteiger partial charge in [0.25, 0.3) is 5.91 Å². The zero-order valence-electron chi connectivity index (χ0n) is 17.7. The molecule has 5 nitrogen and oxygen atoms in total. The highest BCUT2D eigenvalue weighted by Gasteiger charge is 2.54. The Bertz CT molecular complexity index is 946. The van der Waals surface area contributed by atoms with E-state index in [4.69, 9.17) is 16.3 Å². The Balaban J connectivity index is 1.68. The van der Waals surface area contributed by atoms with Gasteiger partial charge in [0.15, 0.2) is 0 Å². The molecule has 0 spiro atoms. The summed E-state index contributed by atoms with van der Waals surface area (Å²) in [4.78, 5) is 32.1. The molecule has 2 aliphatic heterocycles. The number of esters is 1. The summed E-state index contributed by atoms with van der Waals surface area (Å²) in [5.74, 6) is -0.732. The van der Waals surface area contributed by atoms with Crippen LogP contribution in [-0.4, -0.2) is 54.8 Å². The van der Waals surface area contributed by atoms with Gasteiger partial charge in [-0.25, -0.2) is 4.79 Å². The van der Waals surface area contributed by atoms with Crippen molar-refractivity contribution in [1.82, 2.24) is 4.90 Å². The summed E-state index contributed by atoms with van der Waals surface area (Å²) in [5, 5.41) is 0.618. The lowest BCUT2D eigenvalue weighted by molar-refractivity contribution is -0.147. The molecule has 2 aromatic rings. The Morgan fingerprint density at radius 2 is 1.77 bits per heavy atom. The van der Waals surface area contributed by atoms with Crippen molar-refractivity contribution in [3.8, 4) is 0 Å². The molecule has 4 rings (SSSR count). The van der Waals surface area contributed by atoms with Gasteiger partial charge in [-0.3, -0.25) is 4.79 Å². The first-order valence-corrected chi connectivity index (χ1v) is 11.9. The van der Waals surface area contributed by atoms with Crippen LogP contribution in [0.2, 0.25) is 5.02 Å². The van der Waals surface area contributed by atoms with Crippen molar-refractivity contribution < 1.29 is 14.3 Å². The largest absolute Gasteiger partial charge is 0.468 e. The predicted octanol–water partition coefficient (Wildman–Crippen LogP) is 4.42. The number of halogens is 1. The first-order chi connectivity index (χ1) is 15.0. The van der Waals surface area contributed by atoms with E-state index in [-0.39, 0.29) is 12.3 Å². The number of carbonyl (C=O) groups excluding carboxylic acids is 2. The highest BCUT2D eigenvalue weighted by Crippen LogP contribution is 2.47. The number of anilines is 1. The monoisotopic (exact) mass is 458 g/mol. The first-order valence-electron chi connectivity index (χ1n) is 10.7. The second kappa shape index (κ2) is 9.63. The number of likely N-dealkylation sites (tertiary alicyclic amines) is 1. The fourth-order valence-electron chi connectivity index (χ4n) is 4.34. The number of fused-ring (bicyclic) bond motifs is 1. The number of nitrogens with zero attached hydrogens (tertiary/aromatic N) is 2. The Kier molecular flexibility index (Phi) is 6.89. The molecule has 0 radical (unpaired) electrons. The molecule has 2 aromatic carbocycles. The van der Waals surface area contributed by atoms with Crippen LogP contribution in [0.15, 0.2) is 53.4 Å². The van der Waals surface area contributed by atoms with Crippen molar-refractivity contribution in [2.75, 3.05) is 38.2 Å². The number of piperidine rings is 1. The summed E-state index contributed by atoms with van der Waals surface area (Å²) in [6.07, 6.45) is 3.91. The smallest absolute Gasteiger partial charge is 0.332 e. The molecule has 0 N–H and O–H groups in total. The molecule has 1 saturated heterocycles. The second-order valence-electron chi connectivity index (χ2n) is 8.05. The maximum atomic E-state index is 13.9. The van der Waals surface area contributed by atoms with Crippen molar-refractivity contribution in [3.63, 3.8) is 0 Å². The number of methoxy groups -OCH3 is 1. The van der Waals surface area contributed by atoms with Crippen LogP contribution in [0.5, 0.6) is 0 Å². The standard InChI is InChI=1S/C24H27ClN2O3S/c1-30-23(29)24(17-18-9-11-19(25)12-10-18)22(28)27(16-15-26-13-5-2-6-14-26)20-7-3-4-8-21(20)31-24/h3-4,7-12H,2,5-6,13-17H2,1H3. The van der Waals surface area contributed by atoms with Gasteiger partial charge in [0.1, 0.15) is 0 Å². The van der Waals surface area contributed by atoms with Gasteiger partial charge in [0, 0.05) is 29.4 Å². The lowest BCUT2D eigenvalue weighted by Gasteiger charge is -2.41. The first kappa shape index (κ1) is 22.2. The number of carbonyl (C=O) groups is 2. The molecule has 0 saturated carbocycles. The Labute approximate surface area is 192 Å². The number of para-hydroxylation sites is 1. The number of rotatable bonds is 6. The van der Waals surface area contributed by atoms with Crippen LogP contribution in [0.25, 0.3) is 0 Å². The molecule has 31 heavy (non-hydrogen) atoms. The Morgan fingerprint density at radius 1 is 1.06 bits per heavy atom. The van der Waals surface area contributed by atoms with E-state index in [1.54, 1.807) is 17.0 Å². The van der Waals surface area contributed by atoms with E-state index in [0.717, 1.165) is 35.8 Å². The third-order valence-electron chi connectivity index (χ3n) is 6.00. The number of amides is 1. The minimum Gasteiger partial charge on any atom is -0.468 e. The van der Waals surface area contributed by atoms with Crippen LogP contribution < -0.4 is 4.90 Å². The van der Waals surface area contributed by atoms with E-state index in [0.29, 0.717) is 11.6 Å². The van der Waals surface area contributed by atoms with Crippen molar-refractivity contribution in [2.45, 2.75) is 35.3 Å².